The van der Waals surface area contributed by atoms with Gasteiger partial charge < -0.3 is 15.9 Å². The van der Waals surface area contributed by atoms with Gasteiger partial charge in [0.15, 0.2) is 0 Å². The molecule has 0 atom stereocenters. The number of benzene rings is 1. The van der Waals surface area contributed by atoms with Gasteiger partial charge in [-0.25, -0.2) is 9.59 Å². The first-order valence-corrected chi connectivity index (χ1v) is 6.09. The van der Waals surface area contributed by atoms with E-state index < -0.39 is 11.9 Å². The molecule has 5 heteroatoms. The van der Waals surface area contributed by atoms with Crippen LogP contribution in [0.25, 0.3) is 0 Å². The molecule has 1 aromatic rings. The van der Waals surface area contributed by atoms with Crippen LogP contribution in [0, 0.1) is 0 Å². The number of carboxylic acids is 2. The Morgan fingerprint density at radius 1 is 1.21 bits per heavy atom. The Kier molecular flexibility index (Phi) is 4.67. The average molecular weight is 265 g/mol. The van der Waals surface area contributed by atoms with Crippen molar-refractivity contribution in [3.05, 3.63) is 34.9 Å². The highest BCUT2D eigenvalue weighted by Gasteiger charge is 2.15. The standard InChI is InChI=1S/C14H19NO4/c1-14(2,15)7-3-4-9-5-6-10(12(16)17)8-11(9)13(18)19/h5-6,8H,3-4,7,15H2,1-2H3,(H,16,17)(H,18,19). The first-order chi connectivity index (χ1) is 8.70. The molecule has 0 aliphatic heterocycles. The summed E-state index contributed by atoms with van der Waals surface area (Å²) in [5, 5.41) is 18.0. The van der Waals surface area contributed by atoms with E-state index in [0.29, 0.717) is 12.0 Å². The van der Waals surface area contributed by atoms with Gasteiger partial charge >= 0.3 is 11.9 Å². The molecule has 5 nitrogen and oxygen atoms in total. The molecule has 0 fully saturated rings. The molecule has 0 spiro atoms. The van der Waals surface area contributed by atoms with Gasteiger partial charge in [0.2, 0.25) is 0 Å². The molecule has 104 valence electrons. The highest BCUT2D eigenvalue weighted by atomic mass is 16.4. The Labute approximate surface area is 112 Å². The minimum Gasteiger partial charge on any atom is -0.478 e. The third kappa shape index (κ3) is 4.71. The summed E-state index contributed by atoms with van der Waals surface area (Å²) in [6.45, 7) is 3.83. The van der Waals surface area contributed by atoms with E-state index in [-0.39, 0.29) is 16.7 Å². The van der Waals surface area contributed by atoms with Gasteiger partial charge in [0.05, 0.1) is 11.1 Å². The molecule has 0 bridgehead atoms. The van der Waals surface area contributed by atoms with Crippen LogP contribution in [0.1, 0.15) is 53.0 Å². The number of carboxylic acid groups (broad SMARTS) is 2. The summed E-state index contributed by atoms with van der Waals surface area (Å²) < 4.78 is 0. The Morgan fingerprint density at radius 2 is 1.84 bits per heavy atom. The monoisotopic (exact) mass is 265 g/mol. The number of hydrogen-bond acceptors (Lipinski definition) is 3. The Hall–Kier alpha value is -1.88. The molecule has 0 aromatic heterocycles. The fourth-order valence-corrected chi connectivity index (χ4v) is 1.86. The third-order valence-electron chi connectivity index (χ3n) is 2.85. The molecule has 0 amide bonds. The van der Waals surface area contributed by atoms with Gasteiger partial charge in [0.25, 0.3) is 0 Å². The molecule has 0 unspecified atom stereocenters. The summed E-state index contributed by atoms with van der Waals surface area (Å²) in [4.78, 5) is 22.0. The molecule has 0 saturated heterocycles. The van der Waals surface area contributed by atoms with Crippen LogP contribution in [0.15, 0.2) is 18.2 Å². The van der Waals surface area contributed by atoms with Crippen LogP contribution in [0.5, 0.6) is 0 Å². The molecular formula is C14H19NO4. The molecule has 0 saturated carbocycles. The predicted molar refractivity (Wildman–Crippen MR) is 71.6 cm³/mol. The van der Waals surface area contributed by atoms with Gasteiger partial charge in [-0.3, -0.25) is 0 Å². The van der Waals surface area contributed by atoms with Crippen molar-refractivity contribution in [2.75, 3.05) is 0 Å². The lowest BCUT2D eigenvalue weighted by Gasteiger charge is -2.18. The summed E-state index contributed by atoms with van der Waals surface area (Å²) in [5.41, 5.74) is 6.26. The Balaban J connectivity index is 2.89. The van der Waals surface area contributed by atoms with Crippen molar-refractivity contribution in [2.24, 2.45) is 5.73 Å². The zero-order valence-electron chi connectivity index (χ0n) is 11.1. The lowest BCUT2D eigenvalue weighted by atomic mass is 9.94. The van der Waals surface area contributed by atoms with E-state index >= 15 is 0 Å². The molecule has 0 aliphatic carbocycles. The summed E-state index contributed by atoms with van der Waals surface area (Å²) >= 11 is 0. The molecular weight excluding hydrogens is 246 g/mol. The van der Waals surface area contributed by atoms with E-state index in [1.165, 1.54) is 12.1 Å². The number of hydrogen-bond donors (Lipinski definition) is 3. The summed E-state index contributed by atoms with van der Waals surface area (Å²) in [7, 11) is 0. The fraction of sp³-hybridized carbons (Fsp3) is 0.429. The van der Waals surface area contributed by atoms with E-state index in [9.17, 15) is 9.59 Å². The molecule has 0 heterocycles. The van der Waals surface area contributed by atoms with Gasteiger partial charge in [0.1, 0.15) is 0 Å². The van der Waals surface area contributed by atoms with E-state index in [1.807, 2.05) is 13.8 Å². The topological polar surface area (TPSA) is 101 Å². The number of rotatable bonds is 6. The maximum absolute atomic E-state index is 11.1. The first-order valence-electron chi connectivity index (χ1n) is 6.09. The van der Waals surface area contributed by atoms with Crippen LogP contribution in [0.2, 0.25) is 0 Å². The van der Waals surface area contributed by atoms with Crippen molar-refractivity contribution >= 4 is 11.9 Å². The summed E-state index contributed by atoms with van der Waals surface area (Å²) in [6.07, 6.45) is 2.10. The van der Waals surface area contributed by atoms with Crippen molar-refractivity contribution in [1.82, 2.24) is 0 Å². The quantitative estimate of drug-likeness (QED) is 0.731. The van der Waals surface area contributed by atoms with Gasteiger partial charge in [-0.1, -0.05) is 6.07 Å². The van der Waals surface area contributed by atoms with E-state index in [0.717, 1.165) is 12.8 Å². The lowest BCUT2D eigenvalue weighted by Crippen LogP contribution is -2.31. The first kappa shape index (κ1) is 15.2. The number of aryl methyl sites for hydroxylation is 1. The van der Waals surface area contributed by atoms with Crippen LogP contribution in [-0.2, 0) is 6.42 Å². The SMILES string of the molecule is CC(C)(N)CCCc1ccc(C(=O)O)cc1C(=O)O. The molecule has 19 heavy (non-hydrogen) atoms. The van der Waals surface area contributed by atoms with Crippen LogP contribution in [-0.4, -0.2) is 27.7 Å². The second kappa shape index (κ2) is 5.84. The van der Waals surface area contributed by atoms with Crippen molar-refractivity contribution in [3.63, 3.8) is 0 Å². The number of nitrogens with two attached hydrogens (primary N) is 1. The summed E-state index contributed by atoms with van der Waals surface area (Å²) in [5.74, 6) is -2.23. The summed E-state index contributed by atoms with van der Waals surface area (Å²) in [6, 6.07) is 4.20. The lowest BCUT2D eigenvalue weighted by molar-refractivity contribution is 0.0695. The second-order valence-electron chi connectivity index (χ2n) is 5.32. The van der Waals surface area contributed by atoms with Crippen molar-refractivity contribution in [3.8, 4) is 0 Å². The third-order valence-corrected chi connectivity index (χ3v) is 2.85. The Morgan fingerprint density at radius 3 is 2.32 bits per heavy atom. The van der Waals surface area contributed by atoms with Crippen molar-refractivity contribution in [1.29, 1.82) is 0 Å². The maximum Gasteiger partial charge on any atom is 0.335 e. The average Bonchev–Trinajstić information content (AvgIpc) is 2.27. The van der Waals surface area contributed by atoms with Crippen LogP contribution >= 0.6 is 0 Å². The molecule has 0 radical (unpaired) electrons. The zero-order valence-corrected chi connectivity index (χ0v) is 11.1. The Bertz CT molecular complexity index is 489. The smallest absolute Gasteiger partial charge is 0.335 e. The van der Waals surface area contributed by atoms with Crippen LogP contribution in [0.4, 0.5) is 0 Å². The zero-order chi connectivity index (χ0) is 14.6. The molecule has 1 aromatic carbocycles. The van der Waals surface area contributed by atoms with Gasteiger partial charge in [0, 0.05) is 5.54 Å². The van der Waals surface area contributed by atoms with Crippen molar-refractivity contribution in [2.45, 2.75) is 38.6 Å². The largest absolute Gasteiger partial charge is 0.478 e. The van der Waals surface area contributed by atoms with Gasteiger partial charge in [-0.15, -0.1) is 0 Å². The normalized spacial score (nSPS) is 11.3. The van der Waals surface area contributed by atoms with Crippen LogP contribution < -0.4 is 5.73 Å². The minimum absolute atomic E-state index is 0.0136. The van der Waals surface area contributed by atoms with Crippen molar-refractivity contribution < 1.29 is 19.8 Å². The maximum atomic E-state index is 11.1. The molecule has 0 aliphatic rings. The van der Waals surface area contributed by atoms with E-state index in [4.69, 9.17) is 15.9 Å². The van der Waals surface area contributed by atoms with Gasteiger partial charge in [-0.2, -0.15) is 0 Å². The van der Waals surface area contributed by atoms with Crippen LogP contribution in [0.3, 0.4) is 0 Å². The highest BCUT2D eigenvalue weighted by molar-refractivity contribution is 5.94. The molecule has 1 rings (SSSR count). The minimum atomic E-state index is -1.13. The predicted octanol–water partition coefficient (Wildman–Crippen LogP) is 2.14. The van der Waals surface area contributed by atoms with E-state index in [1.54, 1.807) is 6.07 Å². The molecule has 4 N–H and O–H groups in total. The number of aromatic carboxylic acids is 2. The highest BCUT2D eigenvalue weighted by Crippen LogP contribution is 2.17. The van der Waals surface area contributed by atoms with Gasteiger partial charge in [-0.05, 0) is 50.8 Å². The fourth-order valence-electron chi connectivity index (χ4n) is 1.86. The number of carbonyl (C=O) groups is 2. The van der Waals surface area contributed by atoms with E-state index in [2.05, 4.69) is 0 Å². The second-order valence-corrected chi connectivity index (χ2v) is 5.32.